The van der Waals surface area contributed by atoms with Gasteiger partial charge in [0.05, 0.1) is 13.1 Å². The number of nitrogens with zero attached hydrogens (tertiary/aromatic N) is 4. The van der Waals surface area contributed by atoms with Crippen LogP contribution in [0.25, 0.3) is 0 Å². The summed E-state index contributed by atoms with van der Waals surface area (Å²) in [4.78, 5) is 34.4. The molecule has 8 heteroatoms. The standard InChI is InChI=1S/C21H24N2O2.C20H22N2O2/c24-20(25-21-11-14-22(15-12-21)16-13-21)23(19-9-5-2-6-10-19)17-18-7-3-1-4-8-18;23-19(24-20-11-13-21(16-20)14-12-20)22(18-9-5-2-6-10-18)15-17-7-3-1-4-8-17/h1-10H,11-17H2;1-10H,11-16H2. The Balaban J connectivity index is 0.000000154. The van der Waals surface area contributed by atoms with E-state index in [4.69, 9.17) is 9.47 Å². The third kappa shape index (κ3) is 7.98. The van der Waals surface area contributed by atoms with Crippen LogP contribution in [0.4, 0.5) is 21.0 Å². The second-order valence-corrected chi connectivity index (χ2v) is 13.8. The van der Waals surface area contributed by atoms with Crippen molar-refractivity contribution in [2.24, 2.45) is 0 Å². The Bertz CT molecular complexity index is 1640. The van der Waals surface area contributed by atoms with E-state index in [-0.39, 0.29) is 23.4 Å². The van der Waals surface area contributed by atoms with E-state index in [0.29, 0.717) is 13.1 Å². The number of amides is 2. The van der Waals surface area contributed by atoms with Crippen LogP contribution in [0.5, 0.6) is 0 Å². The molecule has 5 saturated heterocycles. The molecule has 5 fully saturated rings. The highest BCUT2D eigenvalue weighted by Crippen LogP contribution is 2.37. The summed E-state index contributed by atoms with van der Waals surface area (Å²) in [6.07, 6.45) is 4.28. The van der Waals surface area contributed by atoms with Crippen molar-refractivity contribution in [3.63, 3.8) is 0 Å². The number of hydrogen-bond donors (Lipinski definition) is 0. The Kier molecular flexibility index (Phi) is 9.96. The van der Waals surface area contributed by atoms with E-state index in [2.05, 4.69) is 9.80 Å². The number of carbonyl (C=O) groups is 2. The van der Waals surface area contributed by atoms with Crippen LogP contribution in [0.2, 0.25) is 0 Å². The Labute approximate surface area is 289 Å². The van der Waals surface area contributed by atoms with Crippen molar-refractivity contribution in [1.29, 1.82) is 0 Å². The highest BCUT2D eigenvalue weighted by Gasteiger charge is 2.47. The van der Waals surface area contributed by atoms with Crippen molar-refractivity contribution < 1.29 is 19.1 Å². The molecule has 4 aromatic rings. The summed E-state index contributed by atoms with van der Waals surface area (Å²) in [7, 11) is 0. The summed E-state index contributed by atoms with van der Waals surface area (Å²) in [6, 6.07) is 39.7. The van der Waals surface area contributed by atoms with Crippen LogP contribution in [0, 0.1) is 0 Å². The van der Waals surface area contributed by atoms with Gasteiger partial charge in [-0.25, -0.2) is 9.59 Å². The highest BCUT2D eigenvalue weighted by atomic mass is 16.6. The van der Waals surface area contributed by atoms with Gasteiger partial charge in [0.1, 0.15) is 11.2 Å². The first-order chi connectivity index (χ1) is 24.0. The van der Waals surface area contributed by atoms with Gasteiger partial charge < -0.3 is 14.4 Å². The number of para-hydroxylation sites is 2. The number of carbonyl (C=O) groups excluding carboxylic acids is 2. The van der Waals surface area contributed by atoms with Crippen LogP contribution in [0.3, 0.4) is 0 Å². The molecule has 0 N–H and O–H groups in total. The summed E-state index contributed by atoms with van der Waals surface area (Å²) in [5, 5.41) is 0. The molecule has 4 aromatic carbocycles. The second kappa shape index (κ2) is 14.8. The molecular weight excluding hydrogens is 612 g/mol. The molecule has 254 valence electrons. The minimum Gasteiger partial charge on any atom is -0.442 e. The molecule has 0 spiro atoms. The lowest BCUT2D eigenvalue weighted by atomic mass is 9.83. The van der Waals surface area contributed by atoms with E-state index >= 15 is 0 Å². The maximum atomic E-state index is 13.1. The summed E-state index contributed by atoms with van der Waals surface area (Å²) >= 11 is 0. The summed E-state index contributed by atoms with van der Waals surface area (Å²) in [5.74, 6) is 0. The quantitative estimate of drug-likeness (QED) is 0.193. The highest BCUT2D eigenvalue weighted by molar-refractivity contribution is 5.88. The monoisotopic (exact) mass is 658 g/mol. The first kappa shape index (κ1) is 32.9. The molecule has 0 aliphatic carbocycles. The first-order valence-electron chi connectivity index (χ1n) is 17.6. The van der Waals surface area contributed by atoms with Crippen LogP contribution in [-0.4, -0.2) is 72.5 Å². The van der Waals surface area contributed by atoms with Gasteiger partial charge in [-0.3, -0.25) is 14.7 Å². The minimum atomic E-state index is -0.277. The third-order valence-corrected chi connectivity index (χ3v) is 10.5. The zero-order valence-corrected chi connectivity index (χ0v) is 28.2. The largest absolute Gasteiger partial charge is 0.442 e. The Hall–Kier alpha value is -4.66. The van der Waals surface area contributed by atoms with Gasteiger partial charge in [-0.2, -0.15) is 0 Å². The molecule has 4 bridgehead atoms. The fraction of sp³-hybridized carbons (Fsp3) is 0.366. The molecule has 49 heavy (non-hydrogen) atoms. The fourth-order valence-electron chi connectivity index (χ4n) is 7.52. The lowest BCUT2D eigenvalue weighted by molar-refractivity contribution is -0.0764. The van der Waals surface area contributed by atoms with E-state index in [1.54, 1.807) is 9.80 Å². The molecule has 0 saturated carbocycles. The van der Waals surface area contributed by atoms with Gasteiger partial charge in [0.25, 0.3) is 0 Å². The average Bonchev–Trinajstić information content (AvgIpc) is 3.76. The third-order valence-electron chi connectivity index (χ3n) is 10.5. The van der Waals surface area contributed by atoms with Gasteiger partial charge in [0.2, 0.25) is 0 Å². The molecule has 0 radical (unpaired) electrons. The molecule has 5 heterocycles. The van der Waals surface area contributed by atoms with E-state index in [0.717, 1.165) is 93.9 Å². The number of anilines is 2. The van der Waals surface area contributed by atoms with Crippen molar-refractivity contribution in [3.05, 3.63) is 132 Å². The number of piperidine rings is 4. The maximum absolute atomic E-state index is 13.1. The number of ether oxygens (including phenoxy) is 2. The topological polar surface area (TPSA) is 65.6 Å². The second-order valence-electron chi connectivity index (χ2n) is 13.8. The van der Waals surface area contributed by atoms with Gasteiger partial charge in [-0.15, -0.1) is 0 Å². The Morgan fingerprint density at radius 3 is 1.22 bits per heavy atom. The molecule has 0 aromatic heterocycles. The van der Waals surface area contributed by atoms with E-state index < -0.39 is 0 Å². The Morgan fingerprint density at radius 2 is 0.837 bits per heavy atom. The predicted octanol–water partition coefficient (Wildman–Crippen LogP) is 7.75. The molecule has 2 amide bonds. The van der Waals surface area contributed by atoms with Crippen molar-refractivity contribution in [3.8, 4) is 0 Å². The van der Waals surface area contributed by atoms with E-state index in [1.165, 1.54) is 0 Å². The van der Waals surface area contributed by atoms with Gasteiger partial charge in [-0.05, 0) is 35.4 Å². The van der Waals surface area contributed by atoms with Crippen molar-refractivity contribution >= 4 is 23.6 Å². The van der Waals surface area contributed by atoms with Gasteiger partial charge in [0.15, 0.2) is 0 Å². The number of fused-ring (bicyclic) bond motifs is 5. The Morgan fingerprint density at radius 1 is 0.490 bits per heavy atom. The summed E-state index contributed by atoms with van der Waals surface area (Å²) < 4.78 is 12.1. The number of benzene rings is 4. The smallest absolute Gasteiger partial charge is 0.415 e. The maximum Gasteiger partial charge on any atom is 0.415 e. The summed E-state index contributed by atoms with van der Waals surface area (Å²) in [6.45, 7) is 7.11. The van der Waals surface area contributed by atoms with Crippen LogP contribution in [0.1, 0.15) is 43.2 Å². The van der Waals surface area contributed by atoms with Crippen molar-refractivity contribution in [1.82, 2.24) is 9.80 Å². The first-order valence-corrected chi connectivity index (χ1v) is 17.6. The molecule has 5 aliphatic heterocycles. The average molecular weight is 659 g/mol. The molecular formula is C41H46N4O4. The molecule has 8 nitrogen and oxygen atoms in total. The molecule has 0 atom stereocenters. The normalized spacial score (nSPS) is 24.7. The van der Waals surface area contributed by atoms with Crippen molar-refractivity contribution in [2.75, 3.05) is 49.1 Å². The van der Waals surface area contributed by atoms with Crippen LogP contribution in [0.15, 0.2) is 121 Å². The zero-order valence-electron chi connectivity index (χ0n) is 28.2. The van der Waals surface area contributed by atoms with Crippen LogP contribution >= 0.6 is 0 Å². The van der Waals surface area contributed by atoms with E-state index in [1.807, 2.05) is 121 Å². The molecule has 9 rings (SSSR count). The fourth-order valence-corrected chi connectivity index (χ4v) is 7.52. The lowest BCUT2D eigenvalue weighted by Crippen LogP contribution is -2.55. The predicted molar refractivity (Wildman–Crippen MR) is 193 cm³/mol. The SMILES string of the molecule is O=C(OC12CCN(CC1)C2)N(Cc1ccccc1)c1ccccc1.O=C(OC12CCN(CC1)CC2)N(Cc1ccccc1)c1ccccc1. The van der Waals surface area contributed by atoms with Gasteiger partial charge in [0, 0.05) is 82.7 Å². The number of hydrogen-bond acceptors (Lipinski definition) is 6. The van der Waals surface area contributed by atoms with Crippen LogP contribution in [-0.2, 0) is 22.6 Å². The van der Waals surface area contributed by atoms with Gasteiger partial charge >= 0.3 is 12.2 Å². The number of rotatable bonds is 8. The van der Waals surface area contributed by atoms with Crippen LogP contribution < -0.4 is 9.80 Å². The molecule has 0 unspecified atom stereocenters. The van der Waals surface area contributed by atoms with E-state index in [9.17, 15) is 9.59 Å². The lowest BCUT2D eigenvalue weighted by Gasteiger charge is -2.47. The van der Waals surface area contributed by atoms with Crippen molar-refractivity contribution in [2.45, 2.75) is 56.4 Å². The zero-order chi connectivity index (χ0) is 33.5. The summed E-state index contributed by atoms with van der Waals surface area (Å²) in [5.41, 5.74) is 3.39. The molecule has 5 aliphatic rings. The minimum absolute atomic E-state index is 0.231. The van der Waals surface area contributed by atoms with Gasteiger partial charge in [-0.1, -0.05) is 97.1 Å².